The van der Waals surface area contributed by atoms with Crippen molar-refractivity contribution in [2.24, 2.45) is 5.14 Å². The summed E-state index contributed by atoms with van der Waals surface area (Å²) in [6, 6.07) is 16.6. The van der Waals surface area contributed by atoms with E-state index in [9.17, 15) is 8.42 Å². The third-order valence-corrected chi connectivity index (χ3v) is 2.76. The number of benzene rings is 2. The Morgan fingerprint density at radius 3 is 1.44 bits per heavy atom. The predicted molar refractivity (Wildman–Crippen MR) is 71.7 cm³/mol. The molecule has 4 nitrogen and oxygen atoms in total. The number of hydrogen-bond acceptors (Lipinski definition) is 3. The zero-order chi connectivity index (χ0) is 12.7. The molecule has 2 aromatic carbocycles. The first kappa shape index (κ1) is 17.2. The minimum atomic E-state index is -3.50. The van der Waals surface area contributed by atoms with Crippen LogP contribution in [0.2, 0.25) is 0 Å². The molecule has 0 amide bonds. The Morgan fingerprint density at radius 2 is 1.22 bits per heavy atom. The molecule has 0 aromatic heterocycles. The molecule has 0 heterocycles. The van der Waals surface area contributed by atoms with Crippen molar-refractivity contribution < 1.29 is 13.5 Å². The van der Waals surface area contributed by atoms with Gasteiger partial charge in [-0.05, 0) is 24.3 Å². The molecule has 0 aliphatic rings. The molecule has 0 fully saturated rings. The molecule has 0 atom stereocenters. The van der Waals surface area contributed by atoms with Gasteiger partial charge in [-0.2, -0.15) is 0 Å². The maximum absolute atomic E-state index is 10.6. The molecule has 91 valence electrons. The number of primary sulfonamides is 1. The first-order chi connectivity index (χ1) is 8.00. The molecule has 0 aliphatic carbocycles. The van der Waals surface area contributed by atoms with Crippen molar-refractivity contribution in [2.75, 3.05) is 0 Å². The number of phenols is 1. The topological polar surface area (TPSA) is 80.4 Å². The summed E-state index contributed by atoms with van der Waals surface area (Å²) in [5.74, 6) is 0.322. The Bertz CT molecular complexity index is 544. The monoisotopic (exact) mass is 274 g/mol. The van der Waals surface area contributed by atoms with Crippen LogP contribution in [0.4, 0.5) is 0 Å². The minimum Gasteiger partial charge on any atom is -0.508 e. The second-order valence-corrected chi connectivity index (χ2v) is 4.76. The van der Waals surface area contributed by atoms with Crippen LogP contribution in [0.3, 0.4) is 0 Å². The zero-order valence-electron chi connectivity index (χ0n) is 10.0. The van der Waals surface area contributed by atoms with E-state index in [0.717, 1.165) is 0 Å². The normalized spacial score (nSPS) is 9.61. The van der Waals surface area contributed by atoms with Crippen molar-refractivity contribution in [3.8, 4) is 5.75 Å². The van der Waals surface area contributed by atoms with E-state index in [2.05, 4.69) is 0 Å². The molecule has 0 saturated heterocycles. The van der Waals surface area contributed by atoms with E-state index in [4.69, 9.17) is 10.2 Å². The molecule has 6 heteroatoms. The van der Waals surface area contributed by atoms with Gasteiger partial charge in [0.1, 0.15) is 5.75 Å². The molecule has 3 N–H and O–H groups in total. The van der Waals surface area contributed by atoms with E-state index in [1.165, 1.54) is 12.1 Å². The number of sulfonamides is 1. The summed E-state index contributed by atoms with van der Waals surface area (Å²) >= 11 is 0. The molecule has 1 radical (unpaired) electrons. The van der Waals surface area contributed by atoms with E-state index in [1.54, 1.807) is 42.5 Å². The minimum absolute atomic E-state index is 0. The zero-order valence-corrected chi connectivity index (χ0v) is 12.8. The van der Waals surface area contributed by atoms with Crippen LogP contribution in [-0.4, -0.2) is 43.1 Å². The second-order valence-electron chi connectivity index (χ2n) is 3.19. The smallest absolute Gasteiger partial charge is 0.238 e. The van der Waals surface area contributed by atoms with Crippen LogP contribution in [0, 0.1) is 0 Å². The maximum Gasteiger partial charge on any atom is 0.238 e. The number of nitrogens with two attached hydrogens (primary N) is 1. The van der Waals surface area contributed by atoms with E-state index in [-0.39, 0.29) is 34.5 Å². The fourth-order valence-corrected chi connectivity index (χ4v) is 1.57. The number of para-hydroxylation sites is 1. The van der Waals surface area contributed by atoms with E-state index < -0.39 is 10.0 Å². The fourth-order valence-electron chi connectivity index (χ4n) is 1.04. The second kappa shape index (κ2) is 8.29. The van der Waals surface area contributed by atoms with Crippen LogP contribution in [0.5, 0.6) is 5.75 Å². The molecule has 18 heavy (non-hydrogen) atoms. The van der Waals surface area contributed by atoms with Crippen LogP contribution < -0.4 is 5.14 Å². The van der Waals surface area contributed by atoms with Gasteiger partial charge in [0, 0.05) is 29.6 Å². The molecule has 0 saturated carbocycles. The Kier molecular flexibility index (Phi) is 7.90. The molecule has 0 aliphatic heterocycles. The fraction of sp³-hybridized carbons (Fsp3) is 0. The average Bonchev–Trinajstić information content (AvgIpc) is 2.31. The molecular weight excluding hydrogens is 261 g/mol. The first-order valence-electron chi connectivity index (χ1n) is 4.82. The van der Waals surface area contributed by atoms with Gasteiger partial charge in [-0.15, -0.1) is 0 Å². The number of phenolic OH excluding ortho intramolecular Hbond substituents is 1. The predicted octanol–water partition coefficient (Wildman–Crippen LogP) is 1.35. The molecule has 0 spiro atoms. The van der Waals surface area contributed by atoms with E-state index >= 15 is 0 Å². The Balaban J connectivity index is 0.000000321. The largest absolute Gasteiger partial charge is 0.508 e. The van der Waals surface area contributed by atoms with Gasteiger partial charge in [-0.1, -0.05) is 36.4 Å². The van der Waals surface area contributed by atoms with Gasteiger partial charge in [0.25, 0.3) is 0 Å². The summed E-state index contributed by atoms with van der Waals surface area (Å²) in [6.07, 6.45) is 0. The van der Waals surface area contributed by atoms with Crippen LogP contribution in [0.25, 0.3) is 0 Å². The quantitative estimate of drug-likeness (QED) is 0.770. The van der Waals surface area contributed by atoms with Gasteiger partial charge in [0.2, 0.25) is 10.0 Å². The molecule has 2 rings (SSSR count). The Hall–Kier alpha value is -0.850. The van der Waals surface area contributed by atoms with Crippen molar-refractivity contribution >= 4 is 39.6 Å². The summed E-state index contributed by atoms with van der Waals surface area (Å²) in [7, 11) is -3.50. The SMILES string of the molecule is NS(=O)(=O)c1ccccc1.Oc1ccccc1.[Na]. The van der Waals surface area contributed by atoms with Crippen LogP contribution in [0.15, 0.2) is 65.6 Å². The maximum atomic E-state index is 10.6. The number of hydrogen-bond donors (Lipinski definition) is 2. The van der Waals surface area contributed by atoms with Crippen molar-refractivity contribution in [1.82, 2.24) is 0 Å². The van der Waals surface area contributed by atoms with Crippen molar-refractivity contribution in [1.29, 1.82) is 0 Å². The van der Waals surface area contributed by atoms with Crippen molar-refractivity contribution in [3.05, 3.63) is 60.7 Å². The summed E-state index contributed by atoms with van der Waals surface area (Å²) in [6.45, 7) is 0. The van der Waals surface area contributed by atoms with Gasteiger partial charge in [-0.25, -0.2) is 13.6 Å². The molecule has 2 aromatic rings. The third-order valence-electron chi connectivity index (χ3n) is 1.83. The summed E-state index contributed by atoms with van der Waals surface area (Å²) < 4.78 is 21.2. The Morgan fingerprint density at radius 1 is 0.833 bits per heavy atom. The first-order valence-corrected chi connectivity index (χ1v) is 6.36. The number of rotatable bonds is 1. The summed E-state index contributed by atoms with van der Waals surface area (Å²) in [5, 5.41) is 13.5. The van der Waals surface area contributed by atoms with Gasteiger partial charge in [-0.3, -0.25) is 0 Å². The summed E-state index contributed by atoms with van der Waals surface area (Å²) in [5.41, 5.74) is 0. The van der Waals surface area contributed by atoms with E-state index in [1.807, 2.05) is 6.07 Å². The molecule has 0 bridgehead atoms. The van der Waals surface area contributed by atoms with Gasteiger partial charge < -0.3 is 5.11 Å². The third kappa shape index (κ3) is 6.78. The van der Waals surface area contributed by atoms with Gasteiger partial charge in [0.05, 0.1) is 4.90 Å². The van der Waals surface area contributed by atoms with E-state index in [0.29, 0.717) is 5.75 Å². The van der Waals surface area contributed by atoms with Crippen LogP contribution in [0.1, 0.15) is 0 Å². The number of aromatic hydroxyl groups is 1. The van der Waals surface area contributed by atoms with Crippen molar-refractivity contribution in [3.63, 3.8) is 0 Å². The molecule has 0 unspecified atom stereocenters. The van der Waals surface area contributed by atoms with Crippen LogP contribution in [-0.2, 0) is 10.0 Å². The summed E-state index contributed by atoms with van der Waals surface area (Å²) in [4.78, 5) is 0.148. The van der Waals surface area contributed by atoms with Gasteiger partial charge >= 0.3 is 0 Å². The Labute approximate surface area is 129 Å². The van der Waals surface area contributed by atoms with Gasteiger partial charge in [0.15, 0.2) is 0 Å². The standard InChI is InChI=1S/C6H7NO2S.C6H6O.Na/c7-10(8,9)6-4-2-1-3-5-6;7-6-4-2-1-3-5-6;/h1-5H,(H2,7,8,9);1-5,7H;. The van der Waals surface area contributed by atoms with Crippen LogP contribution >= 0.6 is 0 Å². The molecular formula is C12H13NNaO3S. The average molecular weight is 274 g/mol. The van der Waals surface area contributed by atoms with Crippen molar-refractivity contribution in [2.45, 2.75) is 4.90 Å².